The lowest BCUT2D eigenvalue weighted by atomic mass is 10.2. The Morgan fingerprint density at radius 3 is 2.41 bits per heavy atom. The minimum absolute atomic E-state index is 0.00247. The van der Waals surface area contributed by atoms with Gasteiger partial charge in [0.1, 0.15) is 6.61 Å². The second kappa shape index (κ2) is 4.82. The van der Waals surface area contributed by atoms with Crippen molar-refractivity contribution in [3.63, 3.8) is 0 Å². The number of aromatic nitrogens is 2. The van der Waals surface area contributed by atoms with Gasteiger partial charge in [-0.2, -0.15) is 4.39 Å². The number of ether oxygens (including phenoxy) is 1. The first kappa shape index (κ1) is 11.4. The fraction of sp³-hybridized carbons (Fsp3) is 0.0909. The van der Waals surface area contributed by atoms with E-state index >= 15 is 0 Å². The highest BCUT2D eigenvalue weighted by molar-refractivity contribution is 5.18. The quantitative estimate of drug-likeness (QED) is 0.826. The molecule has 3 nitrogen and oxygen atoms in total. The van der Waals surface area contributed by atoms with Crippen molar-refractivity contribution in [2.45, 2.75) is 6.61 Å². The van der Waals surface area contributed by atoms with Gasteiger partial charge in [-0.1, -0.05) is 6.07 Å². The molecular formula is C11H7F3N2O. The van der Waals surface area contributed by atoms with Crippen LogP contribution in [0, 0.1) is 17.6 Å². The van der Waals surface area contributed by atoms with E-state index in [2.05, 4.69) is 10.2 Å². The molecule has 1 heterocycles. The molecule has 0 atom stereocenters. The largest absolute Gasteiger partial charge is 0.472 e. The average Bonchev–Trinajstić information content (AvgIpc) is 2.33. The summed E-state index contributed by atoms with van der Waals surface area (Å²) in [5.74, 6) is -2.48. The van der Waals surface area contributed by atoms with Gasteiger partial charge < -0.3 is 4.74 Å². The maximum absolute atomic E-state index is 12.8. The number of halogens is 3. The van der Waals surface area contributed by atoms with Crippen molar-refractivity contribution in [1.82, 2.24) is 10.2 Å². The Morgan fingerprint density at radius 1 is 0.941 bits per heavy atom. The molecule has 0 bridgehead atoms. The van der Waals surface area contributed by atoms with Gasteiger partial charge in [0.05, 0.1) is 0 Å². The number of hydrogen-bond acceptors (Lipinski definition) is 3. The Bertz CT molecular complexity index is 517. The molecule has 0 amide bonds. The fourth-order valence-electron chi connectivity index (χ4n) is 1.17. The number of rotatable bonds is 3. The Morgan fingerprint density at radius 2 is 1.76 bits per heavy atom. The van der Waals surface area contributed by atoms with Crippen LogP contribution in [-0.2, 0) is 6.61 Å². The zero-order valence-electron chi connectivity index (χ0n) is 8.53. The van der Waals surface area contributed by atoms with Gasteiger partial charge >= 0.3 is 0 Å². The van der Waals surface area contributed by atoms with Crippen LogP contribution in [0.3, 0.4) is 0 Å². The second-order valence-electron chi connectivity index (χ2n) is 3.23. The molecule has 2 aromatic rings. The summed E-state index contributed by atoms with van der Waals surface area (Å²) < 4.78 is 43.0. The summed E-state index contributed by atoms with van der Waals surface area (Å²) in [5.41, 5.74) is 0.440. The molecule has 0 saturated heterocycles. The predicted octanol–water partition coefficient (Wildman–Crippen LogP) is 2.47. The third-order valence-corrected chi connectivity index (χ3v) is 1.98. The molecule has 0 aliphatic carbocycles. The van der Waals surface area contributed by atoms with Crippen LogP contribution in [0.25, 0.3) is 0 Å². The first-order valence-corrected chi connectivity index (χ1v) is 4.71. The summed E-state index contributed by atoms with van der Waals surface area (Å²) in [7, 11) is 0. The van der Waals surface area contributed by atoms with Crippen LogP contribution in [0.1, 0.15) is 5.56 Å². The summed E-state index contributed by atoms with van der Waals surface area (Å²) in [6, 6.07) is 5.79. The molecule has 1 aromatic carbocycles. The summed E-state index contributed by atoms with van der Waals surface area (Å²) in [5, 5.41) is 6.57. The molecule has 17 heavy (non-hydrogen) atoms. The molecule has 6 heteroatoms. The zero-order valence-corrected chi connectivity index (χ0v) is 8.53. The maximum atomic E-state index is 12.8. The Kier molecular flexibility index (Phi) is 3.22. The molecule has 0 aliphatic heterocycles. The smallest absolute Gasteiger partial charge is 0.233 e. The molecule has 0 saturated carbocycles. The van der Waals surface area contributed by atoms with Gasteiger partial charge in [0.15, 0.2) is 11.6 Å². The summed E-state index contributed by atoms with van der Waals surface area (Å²) >= 11 is 0. The van der Waals surface area contributed by atoms with E-state index in [1.807, 2.05) is 0 Å². The molecule has 0 fully saturated rings. The highest BCUT2D eigenvalue weighted by Crippen LogP contribution is 2.11. The first-order chi connectivity index (χ1) is 8.15. The minimum atomic E-state index is -0.948. The summed E-state index contributed by atoms with van der Waals surface area (Å²) in [6.45, 7) is -0.00247. The maximum Gasteiger partial charge on any atom is 0.233 e. The van der Waals surface area contributed by atoms with Crippen molar-refractivity contribution >= 4 is 0 Å². The fourth-order valence-corrected chi connectivity index (χ4v) is 1.17. The Balaban J connectivity index is 2.02. The molecule has 0 N–H and O–H groups in total. The number of hydrogen-bond donors (Lipinski definition) is 0. The molecule has 2 rings (SSSR count). The minimum Gasteiger partial charge on any atom is -0.472 e. The zero-order chi connectivity index (χ0) is 12.3. The predicted molar refractivity (Wildman–Crippen MR) is 52.7 cm³/mol. The SMILES string of the molecule is Fc1ccc(OCc2ccc(F)c(F)c2)nn1. The summed E-state index contributed by atoms with van der Waals surface area (Å²) in [6.07, 6.45) is 0. The topological polar surface area (TPSA) is 35.0 Å². The van der Waals surface area contributed by atoms with E-state index in [4.69, 9.17) is 4.74 Å². The van der Waals surface area contributed by atoms with Crippen LogP contribution in [0.15, 0.2) is 30.3 Å². The summed E-state index contributed by atoms with van der Waals surface area (Å²) in [4.78, 5) is 0. The van der Waals surface area contributed by atoms with Gasteiger partial charge in [-0.05, 0) is 17.7 Å². The van der Waals surface area contributed by atoms with Gasteiger partial charge in [-0.25, -0.2) is 8.78 Å². The first-order valence-electron chi connectivity index (χ1n) is 4.71. The lowest BCUT2D eigenvalue weighted by molar-refractivity contribution is 0.287. The van der Waals surface area contributed by atoms with Crippen molar-refractivity contribution in [3.05, 3.63) is 53.5 Å². The molecule has 1 aromatic heterocycles. The van der Waals surface area contributed by atoms with E-state index in [1.54, 1.807) is 0 Å². The standard InChI is InChI=1S/C11H7F3N2O/c12-8-2-1-7(5-9(8)13)6-17-11-4-3-10(14)15-16-11/h1-5H,6H2. The van der Waals surface area contributed by atoms with Crippen LogP contribution in [0.5, 0.6) is 5.88 Å². The van der Waals surface area contributed by atoms with Crippen LogP contribution in [0.4, 0.5) is 13.2 Å². The molecular weight excluding hydrogens is 233 g/mol. The Labute approximate surface area is 94.9 Å². The van der Waals surface area contributed by atoms with Crippen LogP contribution < -0.4 is 4.74 Å². The lowest BCUT2D eigenvalue weighted by Gasteiger charge is -2.04. The lowest BCUT2D eigenvalue weighted by Crippen LogP contribution is -2.00. The van der Waals surface area contributed by atoms with E-state index < -0.39 is 17.6 Å². The van der Waals surface area contributed by atoms with E-state index in [-0.39, 0.29) is 12.5 Å². The van der Waals surface area contributed by atoms with Crippen LogP contribution in [-0.4, -0.2) is 10.2 Å². The van der Waals surface area contributed by atoms with E-state index in [9.17, 15) is 13.2 Å². The van der Waals surface area contributed by atoms with Gasteiger partial charge in [-0.3, -0.25) is 0 Å². The van der Waals surface area contributed by atoms with Crippen LogP contribution >= 0.6 is 0 Å². The van der Waals surface area contributed by atoms with Crippen LogP contribution in [0.2, 0.25) is 0 Å². The molecule has 0 radical (unpaired) electrons. The molecule has 0 unspecified atom stereocenters. The highest BCUT2D eigenvalue weighted by Gasteiger charge is 2.04. The van der Waals surface area contributed by atoms with E-state index in [0.717, 1.165) is 18.2 Å². The van der Waals surface area contributed by atoms with E-state index in [1.165, 1.54) is 12.1 Å². The van der Waals surface area contributed by atoms with Crippen molar-refractivity contribution in [2.24, 2.45) is 0 Å². The van der Waals surface area contributed by atoms with Crippen molar-refractivity contribution < 1.29 is 17.9 Å². The monoisotopic (exact) mass is 240 g/mol. The third-order valence-electron chi connectivity index (χ3n) is 1.98. The highest BCUT2D eigenvalue weighted by atomic mass is 19.2. The second-order valence-corrected chi connectivity index (χ2v) is 3.23. The molecule has 88 valence electrons. The van der Waals surface area contributed by atoms with Crippen molar-refractivity contribution in [3.8, 4) is 5.88 Å². The third kappa shape index (κ3) is 2.93. The normalized spacial score (nSPS) is 10.3. The van der Waals surface area contributed by atoms with Gasteiger partial charge in [-0.15, -0.1) is 10.2 Å². The van der Waals surface area contributed by atoms with Gasteiger partial charge in [0.2, 0.25) is 11.8 Å². The van der Waals surface area contributed by atoms with Crippen molar-refractivity contribution in [1.29, 1.82) is 0 Å². The Hall–Kier alpha value is -2.11. The number of nitrogens with zero attached hydrogens (tertiary/aromatic N) is 2. The van der Waals surface area contributed by atoms with Gasteiger partial charge in [0, 0.05) is 12.1 Å². The van der Waals surface area contributed by atoms with E-state index in [0.29, 0.717) is 5.56 Å². The molecule has 0 spiro atoms. The molecule has 0 aliphatic rings. The average molecular weight is 240 g/mol. The van der Waals surface area contributed by atoms with Crippen molar-refractivity contribution in [2.75, 3.05) is 0 Å². The van der Waals surface area contributed by atoms with Gasteiger partial charge in [0.25, 0.3) is 0 Å². The number of benzene rings is 1.